The van der Waals surface area contributed by atoms with Crippen LogP contribution in [-0.2, 0) is 5.41 Å². The maximum Gasteiger partial charge on any atom is 0.0725 e. The summed E-state index contributed by atoms with van der Waals surface area (Å²) in [5, 5.41) is 0. The van der Waals surface area contributed by atoms with Gasteiger partial charge in [-0.1, -0.05) is 128 Å². The summed E-state index contributed by atoms with van der Waals surface area (Å²) in [6.07, 6.45) is 4.09. The van der Waals surface area contributed by atoms with E-state index in [4.69, 9.17) is 0 Å². The number of hydrogen-bond donors (Lipinski definition) is 0. The van der Waals surface area contributed by atoms with E-state index >= 15 is 0 Å². The smallest absolute Gasteiger partial charge is 0.0725 e. The lowest BCUT2D eigenvalue weighted by molar-refractivity contribution is 0.794. The minimum Gasteiger partial charge on any atom is -0.0912 e. The molecule has 5 aromatic carbocycles. The quantitative estimate of drug-likeness (QED) is 0.231. The third-order valence-electron chi connectivity index (χ3n) is 7.95. The second-order valence-corrected chi connectivity index (χ2v) is 9.75. The highest BCUT2D eigenvalue weighted by molar-refractivity contribution is 5.95. The van der Waals surface area contributed by atoms with Gasteiger partial charge in [0.1, 0.15) is 0 Å². The Bertz CT molecular complexity index is 1630. The molecule has 0 nitrogen and oxygen atoms in total. The number of benzene rings is 5. The van der Waals surface area contributed by atoms with Gasteiger partial charge in [0.25, 0.3) is 0 Å². The van der Waals surface area contributed by atoms with Crippen molar-refractivity contribution in [3.8, 4) is 33.4 Å². The third kappa shape index (κ3) is 2.70. The van der Waals surface area contributed by atoms with E-state index in [0.717, 1.165) is 11.1 Å². The van der Waals surface area contributed by atoms with E-state index < -0.39 is 0 Å². The van der Waals surface area contributed by atoms with E-state index in [1.165, 1.54) is 55.6 Å². The fourth-order valence-corrected chi connectivity index (χ4v) is 6.45. The molecule has 2 aliphatic rings. The molecule has 5 aromatic rings. The molecule has 2 aliphatic carbocycles. The minimum absolute atomic E-state index is 0.296. The molecule has 36 heavy (non-hydrogen) atoms. The lowest BCUT2D eigenvalue weighted by Crippen LogP contribution is -2.25. The fraction of sp³-hybridized carbons (Fsp3) is 0.0556. The van der Waals surface area contributed by atoms with Gasteiger partial charge in [-0.3, -0.25) is 0 Å². The summed E-state index contributed by atoms with van der Waals surface area (Å²) in [6, 6.07) is 42.7. The van der Waals surface area contributed by atoms with Crippen LogP contribution in [0.5, 0.6) is 0 Å². The van der Waals surface area contributed by atoms with Crippen LogP contribution >= 0.6 is 0 Å². The van der Waals surface area contributed by atoms with E-state index in [2.05, 4.69) is 128 Å². The van der Waals surface area contributed by atoms with Gasteiger partial charge >= 0.3 is 0 Å². The number of allylic oxidation sites excluding steroid dienone is 3. The predicted octanol–water partition coefficient (Wildman–Crippen LogP) is 9.29. The number of rotatable bonds is 3. The Hall–Kier alpha value is -4.42. The molecule has 0 heteroatoms. The van der Waals surface area contributed by atoms with Gasteiger partial charge in [-0.2, -0.15) is 0 Å². The molecule has 0 amide bonds. The fourth-order valence-electron chi connectivity index (χ4n) is 6.45. The van der Waals surface area contributed by atoms with Gasteiger partial charge in [0.05, 0.1) is 5.41 Å². The maximum atomic E-state index is 4.19. The van der Waals surface area contributed by atoms with Gasteiger partial charge in [-0.25, -0.2) is 0 Å². The first-order chi connectivity index (χ1) is 17.7. The molecular formula is C36H26. The van der Waals surface area contributed by atoms with Crippen LogP contribution in [0.4, 0.5) is 0 Å². The van der Waals surface area contributed by atoms with Gasteiger partial charge in [0.15, 0.2) is 0 Å². The zero-order chi connectivity index (χ0) is 24.3. The van der Waals surface area contributed by atoms with Gasteiger partial charge in [-0.15, -0.1) is 0 Å². The second-order valence-electron chi connectivity index (χ2n) is 9.75. The molecule has 1 spiro atoms. The molecule has 0 bridgehead atoms. The van der Waals surface area contributed by atoms with Gasteiger partial charge in [0.2, 0.25) is 0 Å². The Kier molecular flexibility index (Phi) is 4.53. The van der Waals surface area contributed by atoms with Crippen LogP contribution in [0.25, 0.3) is 39.0 Å². The Balaban J connectivity index is 1.49. The highest BCUT2D eigenvalue weighted by Gasteiger charge is 2.51. The predicted molar refractivity (Wildman–Crippen MR) is 152 cm³/mol. The third-order valence-corrected chi connectivity index (χ3v) is 7.95. The van der Waals surface area contributed by atoms with Crippen LogP contribution < -0.4 is 0 Å². The van der Waals surface area contributed by atoms with Crippen molar-refractivity contribution in [1.82, 2.24) is 0 Å². The lowest BCUT2D eigenvalue weighted by atomic mass is 9.70. The first-order valence-electron chi connectivity index (χ1n) is 12.6. The van der Waals surface area contributed by atoms with Crippen molar-refractivity contribution in [3.63, 3.8) is 0 Å². The van der Waals surface area contributed by atoms with E-state index in [9.17, 15) is 0 Å². The first-order valence-corrected chi connectivity index (χ1v) is 12.6. The monoisotopic (exact) mass is 458 g/mol. The topological polar surface area (TPSA) is 0 Å². The molecule has 7 rings (SSSR count). The first kappa shape index (κ1) is 20.9. The summed E-state index contributed by atoms with van der Waals surface area (Å²) in [7, 11) is 0. The molecule has 0 fully saturated rings. The van der Waals surface area contributed by atoms with Crippen molar-refractivity contribution in [2.24, 2.45) is 0 Å². The average Bonchev–Trinajstić information content (AvgIpc) is 3.40. The molecule has 0 heterocycles. The van der Waals surface area contributed by atoms with Crippen LogP contribution in [-0.4, -0.2) is 0 Å². The SMILES string of the molecule is C=C(/C=C\C)c1ccc(-c2ccc3c(c2)C2(c4ccccc4-c4ccccc42)c2ccccc2-3)cc1. The standard InChI is InChI=1S/C36H26/c1-3-10-24(2)25-17-19-26(20-18-25)27-21-22-31-30-13-6-9-16-34(30)36(35(31)23-27)32-14-7-4-11-28(32)29-12-5-8-15-33(29)36/h3-23H,2H2,1H3/b10-3-. The van der Waals surface area contributed by atoms with Gasteiger partial charge in [0, 0.05) is 0 Å². The molecule has 0 N–H and O–H groups in total. The van der Waals surface area contributed by atoms with Crippen molar-refractivity contribution in [2.45, 2.75) is 12.3 Å². The highest BCUT2D eigenvalue weighted by Crippen LogP contribution is 2.62. The van der Waals surface area contributed by atoms with Crippen LogP contribution in [0.15, 0.2) is 134 Å². The second kappa shape index (κ2) is 7.80. The zero-order valence-electron chi connectivity index (χ0n) is 20.3. The van der Waals surface area contributed by atoms with Crippen molar-refractivity contribution in [3.05, 3.63) is 162 Å². The van der Waals surface area contributed by atoms with Crippen LogP contribution in [0.1, 0.15) is 34.7 Å². The van der Waals surface area contributed by atoms with Gasteiger partial charge in [-0.05, 0) is 79.8 Å². The lowest BCUT2D eigenvalue weighted by Gasteiger charge is -2.30. The molecule has 0 radical (unpaired) electrons. The van der Waals surface area contributed by atoms with Crippen LogP contribution in [0.2, 0.25) is 0 Å². The van der Waals surface area contributed by atoms with E-state index in [1.807, 2.05) is 13.0 Å². The molecule has 0 unspecified atom stereocenters. The summed E-state index contributed by atoms with van der Waals surface area (Å²) >= 11 is 0. The molecule has 0 saturated carbocycles. The largest absolute Gasteiger partial charge is 0.0912 e. The Morgan fingerprint density at radius 3 is 1.56 bits per heavy atom. The van der Waals surface area contributed by atoms with Crippen molar-refractivity contribution >= 4 is 5.57 Å². The zero-order valence-corrected chi connectivity index (χ0v) is 20.3. The summed E-state index contributed by atoms with van der Waals surface area (Å²) in [6.45, 7) is 6.22. The average molecular weight is 459 g/mol. The minimum atomic E-state index is -0.296. The van der Waals surface area contributed by atoms with E-state index in [-0.39, 0.29) is 5.41 Å². The molecule has 0 atom stereocenters. The van der Waals surface area contributed by atoms with Crippen molar-refractivity contribution in [2.75, 3.05) is 0 Å². The maximum absolute atomic E-state index is 4.19. The number of hydrogen-bond acceptors (Lipinski definition) is 0. The molecule has 0 aliphatic heterocycles. The molecular weight excluding hydrogens is 432 g/mol. The van der Waals surface area contributed by atoms with Crippen molar-refractivity contribution < 1.29 is 0 Å². The Morgan fingerprint density at radius 2 is 1.03 bits per heavy atom. The molecule has 0 saturated heterocycles. The van der Waals surface area contributed by atoms with Gasteiger partial charge < -0.3 is 0 Å². The summed E-state index contributed by atoms with van der Waals surface area (Å²) < 4.78 is 0. The van der Waals surface area contributed by atoms with Crippen LogP contribution in [0.3, 0.4) is 0 Å². The summed E-state index contributed by atoms with van der Waals surface area (Å²) in [4.78, 5) is 0. The normalized spacial score (nSPS) is 13.9. The van der Waals surface area contributed by atoms with Crippen molar-refractivity contribution in [1.29, 1.82) is 0 Å². The molecule has 170 valence electrons. The Labute approximate surface area is 212 Å². The number of fused-ring (bicyclic) bond motifs is 10. The van der Waals surface area contributed by atoms with E-state index in [0.29, 0.717) is 0 Å². The summed E-state index contributed by atoms with van der Waals surface area (Å²) in [5.41, 5.74) is 15.2. The Morgan fingerprint density at radius 1 is 0.556 bits per heavy atom. The highest BCUT2D eigenvalue weighted by atomic mass is 14.5. The summed E-state index contributed by atoms with van der Waals surface area (Å²) in [5.74, 6) is 0. The van der Waals surface area contributed by atoms with E-state index in [1.54, 1.807) is 0 Å². The van der Waals surface area contributed by atoms with Crippen LogP contribution in [0, 0.1) is 0 Å². The molecule has 0 aromatic heterocycles.